The van der Waals surface area contributed by atoms with Gasteiger partial charge in [-0.25, -0.2) is 0 Å². The summed E-state index contributed by atoms with van der Waals surface area (Å²) in [6, 6.07) is 9.24. The topological polar surface area (TPSA) is 26.0 Å². The smallest absolute Gasteiger partial charge is 0.0196 e. The summed E-state index contributed by atoms with van der Waals surface area (Å²) < 4.78 is 0. The van der Waals surface area contributed by atoms with E-state index in [0.717, 1.165) is 12.3 Å². The highest BCUT2D eigenvalue weighted by Crippen LogP contribution is 2.43. The Morgan fingerprint density at radius 3 is 2.68 bits per heavy atom. The number of benzene rings is 1. The maximum absolute atomic E-state index is 6.25. The Kier molecular flexibility index (Phi) is 3.21. The normalized spacial score (nSPS) is 28.1. The molecule has 0 bridgehead atoms. The summed E-state index contributed by atoms with van der Waals surface area (Å²) in [4.78, 5) is 0. The van der Waals surface area contributed by atoms with E-state index in [0.29, 0.717) is 5.41 Å². The predicted molar refractivity (Wildman–Crippen MR) is 81.3 cm³/mol. The van der Waals surface area contributed by atoms with Gasteiger partial charge in [0, 0.05) is 5.54 Å². The minimum absolute atomic E-state index is 0.129. The van der Waals surface area contributed by atoms with Gasteiger partial charge in [0.15, 0.2) is 0 Å². The second-order valence-corrected chi connectivity index (χ2v) is 7.74. The molecule has 0 saturated heterocycles. The molecule has 1 aromatic carbocycles. The number of hydrogen-bond donors (Lipinski definition) is 1. The molecule has 2 aliphatic carbocycles. The summed E-state index contributed by atoms with van der Waals surface area (Å²) in [6.45, 7) is 4.84. The fourth-order valence-corrected chi connectivity index (χ4v) is 3.68. The van der Waals surface area contributed by atoms with Gasteiger partial charge in [0.2, 0.25) is 0 Å². The van der Waals surface area contributed by atoms with Crippen molar-refractivity contribution in [1.82, 2.24) is 0 Å². The first-order valence-corrected chi connectivity index (χ1v) is 7.84. The average Bonchev–Trinajstić information content (AvgIpc) is 3.06. The molecular formula is C18H27N. The molecule has 2 aliphatic rings. The summed E-state index contributed by atoms with van der Waals surface area (Å²) in [6.07, 6.45) is 8.93. The van der Waals surface area contributed by atoms with Crippen LogP contribution in [0.25, 0.3) is 0 Å². The van der Waals surface area contributed by atoms with Crippen molar-refractivity contribution in [3.63, 3.8) is 0 Å². The molecule has 0 aromatic heterocycles. The first-order valence-electron chi connectivity index (χ1n) is 7.84. The van der Waals surface area contributed by atoms with Crippen LogP contribution in [0.2, 0.25) is 0 Å². The van der Waals surface area contributed by atoms with Crippen LogP contribution in [-0.2, 0) is 6.42 Å². The molecule has 0 amide bonds. The van der Waals surface area contributed by atoms with Crippen molar-refractivity contribution in [3.8, 4) is 0 Å². The van der Waals surface area contributed by atoms with Crippen LogP contribution >= 0.6 is 0 Å². The van der Waals surface area contributed by atoms with Crippen LogP contribution in [0.5, 0.6) is 0 Å². The standard InChI is InChI=1S/C18H27N/c1-17(2)8-4-7-16(13-17)15-6-3-5-14(11-15)12-18(19)9-10-18/h3,5-6,11,16H,4,7-10,12-13,19H2,1-2H3. The SMILES string of the molecule is CC1(C)CCCC(c2cccc(CC3(N)CC3)c2)C1. The average molecular weight is 257 g/mol. The fourth-order valence-electron chi connectivity index (χ4n) is 3.68. The van der Waals surface area contributed by atoms with Gasteiger partial charge in [0.05, 0.1) is 0 Å². The molecule has 3 rings (SSSR count). The Labute approximate surface area is 117 Å². The minimum Gasteiger partial charge on any atom is -0.325 e. The molecule has 2 saturated carbocycles. The second kappa shape index (κ2) is 4.63. The zero-order valence-electron chi connectivity index (χ0n) is 12.4. The lowest BCUT2D eigenvalue weighted by atomic mass is 9.70. The first kappa shape index (κ1) is 13.2. The van der Waals surface area contributed by atoms with E-state index in [1.165, 1.54) is 44.1 Å². The quantitative estimate of drug-likeness (QED) is 0.853. The minimum atomic E-state index is 0.129. The monoisotopic (exact) mass is 257 g/mol. The molecule has 0 aliphatic heterocycles. The zero-order chi connectivity index (χ0) is 13.5. The van der Waals surface area contributed by atoms with Gasteiger partial charge in [-0.3, -0.25) is 0 Å². The van der Waals surface area contributed by atoms with E-state index in [1.54, 1.807) is 5.56 Å². The van der Waals surface area contributed by atoms with Crippen LogP contribution in [0.3, 0.4) is 0 Å². The van der Waals surface area contributed by atoms with E-state index in [9.17, 15) is 0 Å². The highest BCUT2D eigenvalue weighted by Gasteiger charge is 2.38. The molecule has 1 aromatic rings. The Morgan fingerprint density at radius 1 is 1.21 bits per heavy atom. The lowest BCUT2D eigenvalue weighted by molar-refractivity contribution is 0.219. The van der Waals surface area contributed by atoms with Crippen molar-refractivity contribution in [1.29, 1.82) is 0 Å². The maximum atomic E-state index is 6.25. The molecule has 0 heterocycles. The maximum Gasteiger partial charge on any atom is 0.0196 e. The van der Waals surface area contributed by atoms with Crippen molar-refractivity contribution in [2.45, 2.75) is 70.3 Å². The summed E-state index contributed by atoms with van der Waals surface area (Å²) in [7, 11) is 0. The molecule has 1 unspecified atom stereocenters. The summed E-state index contributed by atoms with van der Waals surface area (Å²) >= 11 is 0. The second-order valence-electron chi connectivity index (χ2n) is 7.74. The molecule has 0 radical (unpaired) electrons. The predicted octanol–water partition coefficient (Wildman–Crippen LogP) is 4.40. The Hall–Kier alpha value is -0.820. The van der Waals surface area contributed by atoms with Gasteiger partial charge in [-0.2, -0.15) is 0 Å². The molecule has 2 fully saturated rings. The fraction of sp³-hybridized carbons (Fsp3) is 0.667. The Balaban J connectivity index is 1.75. The molecule has 0 spiro atoms. The highest BCUT2D eigenvalue weighted by atomic mass is 14.8. The van der Waals surface area contributed by atoms with E-state index in [1.807, 2.05) is 0 Å². The van der Waals surface area contributed by atoms with Gasteiger partial charge in [-0.1, -0.05) is 44.5 Å². The highest BCUT2D eigenvalue weighted by molar-refractivity contribution is 5.29. The van der Waals surface area contributed by atoms with Crippen molar-refractivity contribution >= 4 is 0 Å². The van der Waals surface area contributed by atoms with E-state index >= 15 is 0 Å². The van der Waals surface area contributed by atoms with Gasteiger partial charge in [0.25, 0.3) is 0 Å². The van der Waals surface area contributed by atoms with E-state index in [4.69, 9.17) is 5.73 Å². The van der Waals surface area contributed by atoms with Crippen LogP contribution in [-0.4, -0.2) is 5.54 Å². The third kappa shape index (κ3) is 3.20. The lowest BCUT2D eigenvalue weighted by Crippen LogP contribution is -2.25. The van der Waals surface area contributed by atoms with E-state index in [-0.39, 0.29) is 5.54 Å². The molecule has 2 N–H and O–H groups in total. The Bertz CT molecular complexity index is 457. The van der Waals surface area contributed by atoms with Crippen LogP contribution in [0.15, 0.2) is 24.3 Å². The molecule has 19 heavy (non-hydrogen) atoms. The first-order chi connectivity index (χ1) is 8.96. The van der Waals surface area contributed by atoms with E-state index in [2.05, 4.69) is 38.1 Å². The number of nitrogens with two attached hydrogens (primary N) is 1. The largest absolute Gasteiger partial charge is 0.325 e. The molecule has 1 nitrogen and oxygen atoms in total. The van der Waals surface area contributed by atoms with Crippen molar-refractivity contribution < 1.29 is 0 Å². The lowest BCUT2D eigenvalue weighted by Gasteiger charge is -2.35. The molecule has 1 heteroatoms. The molecular weight excluding hydrogens is 230 g/mol. The van der Waals surface area contributed by atoms with Crippen LogP contribution < -0.4 is 5.73 Å². The van der Waals surface area contributed by atoms with Gasteiger partial charge in [-0.05, 0) is 61.0 Å². The Morgan fingerprint density at radius 2 is 2.00 bits per heavy atom. The number of rotatable bonds is 3. The van der Waals surface area contributed by atoms with Crippen LogP contribution in [0.1, 0.15) is 69.4 Å². The number of hydrogen-bond acceptors (Lipinski definition) is 1. The zero-order valence-corrected chi connectivity index (χ0v) is 12.4. The summed E-state index contributed by atoms with van der Waals surface area (Å²) in [5, 5.41) is 0. The van der Waals surface area contributed by atoms with Crippen molar-refractivity contribution in [2.75, 3.05) is 0 Å². The van der Waals surface area contributed by atoms with Crippen molar-refractivity contribution in [3.05, 3.63) is 35.4 Å². The van der Waals surface area contributed by atoms with Crippen LogP contribution in [0, 0.1) is 5.41 Å². The van der Waals surface area contributed by atoms with E-state index < -0.39 is 0 Å². The molecule has 104 valence electrons. The van der Waals surface area contributed by atoms with Gasteiger partial charge < -0.3 is 5.73 Å². The summed E-state index contributed by atoms with van der Waals surface area (Å²) in [5.41, 5.74) is 9.89. The third-order valence-corrected chi connectivity index (χ3v) is 5.08. The summed E-state index contributed by atoms with van der Waals surface area (Å²) in [5.74, 6) is 0.761. The van der Waals surface area contributed by atoms with Gasteiger partial charge in [-0.15, -0.1) is 0 Å². The third-order valence-electron chi connectivity index (χ3n) is 5.08. The van der Waals surface area contributed by atoms with Gasteiger partial charge >= 0.3 is 0 Å². The van der Waals surface area contributed by atoms with Crippen molar-refractivity contribution in [2.24, 2.45) is 11.1 Å². The molecule has 1 atom stereocenters. The van der Waals surface area contributed by atoms with Crippen LogP contribution in [0.4, 0.5) is 0 Å². The van der Waals surface area contributed by atoms with Gasteiger partial charge in [0.1, 0.15) is 0 Å².